The molecule has 3 rings (SSSR count). The zero-order chi connectivity index (χ0) is 13.8. The Morgan fingerprint density at radius 3 is 3.10 bits per heavy atom. The molecule has 1 aliphatic heterocycles. The van der Waals surface area contributed by atoms with Gasteiger partial charge in [-0.15, -0.1) is 5.10 Å². The van der Waals surface area contributed by atoms with Gasteiger partial charge in [-0.3, -0.25) is 4.79 Å². The lowest BCUT2D eigenvalue weighted by Gasteiger charge is -2.24. The van der Waals surface area contributed by atoms with E-state index in [0.29, 0.717) is 18.8 Å². The second-order valence-corrected chi connectivity index (χ2v) is 6.13. The second kappa shape index (κ2) is 6.43. The Kier molecular flexibility index (Phi) is 4.39. The van der Waals surface area contributed by atoms with Crippen molar-refractivity contribution in [2.75, 3.05) is 13.2 Å². The Hall–Kier alpha value is -1.31. The highest BCUT2D eigenvalue weighted by molar-refractivity contribution is 7.08. The molecule has 0 saturated carbocycles. The topological polar surface area (TPSA) is 55.3 Å². The van der Waals surface area contributed by atoms with Crippen LogP contribution in [0.2, 0.25) is 0 Å². The van der Waals surface area contributed by atoms with E-state index in [4.69, 9.17) is 4.74 Å². The summed E-state index contributed by atoms with van der Waals surface area (Å²) >= 11 is 2.84. The summed E-state index contributed by atoms with van der Waals surface area (Å²) in [5.41, 5.74) is 1.56. The normalized spacial score (nSPS) is 18.3. The number of hydrogen-bond acceptors (Lipinski definition) is 6. The molecule has 0 aromatic carbocycles. The van der Waals surface area contributed by atoms with Crippen molar-refractivity contribution >= 4 is 28.8 Å². The fourth-order valence-electron chi connectivity index (χ4n) is 2.28. The Labute approximate surface area is 125 Å². The van der Waals surface area contributed by atoms with Crippen LogP contribution in [0.15, 0.2) is 22.2 Å². The van der Waals surface area contributed by atoms with E-state index >= 15 is 0 Å². The molecule has 0 spiro atoms. The second-order valence-electron chi connectivity index (χ2n) is 4.74. The van der Waals surface area contributed by atoms with Gasteiger partial charge in [-0.25, -0.2) is 0 Å². The van der Waals surface area contributed by atoms with E-state index in [2.05, 4.69) is 15.0 Å². The van der Waals surface area contributed by atoms with Gasteiger partial charge < -0.3 is 9.64 Å². The molecule has 0 radical (unpaired) electrons. The molecule has 106 valence electrons. The molecule has 0 aliphatic carbocycles. The highest BCUT2D eigenvalue weighted by Gasteiger charge is 2.24. The monoisotopic (exact) mass is 309 g/mol. The molecule has 1 amide bonds. The van der Waals surface area contributed by atoms with Crippen LogP contribution < -0.4 is 0 Å². The van der Waals surface area contributed by atoms with E-state index in [9.17, 15) is 4.79 Å². The van der Waals surface area contributed by atoms with Gasteiger partial charge in [0.2, 0.25) is 0 Å². The van der Waals surface area contributed by atoms with Crippen LogP contribution in [-0.4, -0.2) is 39.6 Å². The zero-order valence-corrected chi connectivity index (χ0v) is 12.5. The van der Waals surface area contributed by atoms with Crippen molar-refractivity contribution in [3.8, 4) is 0 Å². The van der Waals surface area contributed by atoms with Crippen molar-refractivity contribution < 1.29 is 9.53 Å². The molecule has 0 N–H and O–H groups in total. The van der Waals surface area contributed by atoms with Gasteiger partial charge in [0, 0.05) is 25.1 Å². The summed E-state index contributed by atoms with van der Waals surface area (Å²) in [6.07, 6.45) is 2.23. The van der Waals surface area contributed by atoms with E-state index in [-0.39, 0.29) is 12.0 Å². The first kappa shape index (κ1) is 13.7. The number of carbonyl (C=O) groups is 1. The number of carbonyl (C=O) groups excluding carboxylic acids is 1. The summed E-state index contributed by atoms with van der Waals surface area (Å²) in [6, 6.07) is 2.04. The third-order valence-corrected chi connectivity index (χ3v) is 4.50. The van der Waals surface area contributed by atoms with Gasteiger partial charge in [0.05, 0.1) is 6.10 Å². The van der Waals surface area contributed by atoms with Gasteiger partial charge in [-0.1, -0.05) is 4.49 Å². The third kappa shape index (κ3) is 3.23. The maximum absolute atomic E-state index is 12.5. The fourth-order valence-corrected chi connectivity index (χ4v) is 3.37. The average molecular weight is 309 g/mol. The number of nitrogens with zero attached hydrogens (tertiary/aromatic N) is 3. The van der Waals surface area contributed by atoms with Crippen molar-refractivity contribution in [1.29, 1.82) is 0 Å². The molecule has 5 nitrogen and oxygen atoms in total. The predicted octanol–water partition coefficient (Wildman–Crippen LogP) is 2.42. The Bertz CT molecular complexity index is 536. The molecule has 2 aromatic heterocycles. The first-order valence-corrected chi connectivity index (χ1v) is 8.30. The van der Waals surface area contributed by atoms with Crippen molar-refractivity contribution in [2.45, 2.75) is 25.5 Å². The van der Waals surface area contributed by atoms with Crippen molar-refractivity contribution in [3.05, 3.63) is 33.5 Å². The zero-order valence-electron chi connectivity index (χ0n) is 10.9. The lowest BCUT2D eigenvalue weighted by molar-refractivity contribution is 0.0503. The van der Waals surface area contributed by atoms with Crippen molar-refractivity contribution in [2.24, 2.45) is 0 Å². The molecule has 2 aromatic rings. The molecular formula is C13H15N3O2S2. The predicted molar refractivity (Wildman–Crippen MR) is 77.9 cm³/mol. The van der Waals surface area contributed by atoms with Crippen LogP contribution in [0.3, 0.4) is 0 Å². The van der Waals surface area contributed by atoms with Gasteiger partial charge in [0.25, 0.3) is 5.91 Å². The fraction of sp³-hybridized carbons (Fsp3) is 0.462. The molecule has 1 saturated heterocycles. The molecule has 1 aliphatic rings. The number of aromatic nitrogens is 2. The minimum atomic E-state index is -0.0690. The molecule has 7 heteroatoms. The minimum Gasteiger partial charge on any atom is -0.376 e. The van der Waals surface area contributed by atoms with Crippen LogP contribution in [0.5, 0.6) is 0 Å². The van der Waals surface area contributed by atoms with Crippen LogP contribution >= 0.6 is 22.9 Å². The summed E-state index contributed by atoms with van der Waals surface area (Å²) in [5.74, 6) is -0.0690. The van der Waals surface area contributed by atoms with Gasteiger partial charge in [0.1, 0.15) is 0 Å². The summed E-state index contributed by atoms with van der Waals surface area (Å²) in [6.45, 7) is 2.01. The molecule has 1 atom stereocenters. The summed E-state index contributed by atoms with van der Waals surface area (Å²) in [7, 11) is 0. The number of rotatable bonds is 5. The number of amides is 1. The summed E-state index contributed by atoms with van der Waals surface area (Å²) in [4.78, 5) is 14.3. The Morgan fingerprint density at radius 1 is 1.50 bits per heavy atom. The maximum Gasteiger partial charge on any atom is 0.275 e. The van der Waals surface area contributed by atoms with Crippen molar-refractivity contribution in [3.63, 3.8) is 0 Å². The number of ether oxygens (including phenoxy) is 1. The van der Waals surface area contributed by atoms with Gasteiger partial charge in [-0.2, -0.15) is 11.3 Å². The quantitative estimate of drug-likeness (QED) is 0.851. The van der Waals surface area contributed by atoms with Crippen LogP contribution in [-0.2, 0) is 11.3 Å². The Balaban J connectivity index is 1.73. The maximum atomic E-state index is 12.5. The smallest absolute Gasteiger partial charge is 0.275 e. The van der Waals surface area contributed by atoms with Crippen LogP contribution in [0.1, 0.15) is 28.9 Å². The lowest BCUT2D eigenvalue weighted by Crippen LogP contribution is -2.37. The van der Waals surface area contributed by atoms with E-state index in [1.54, 1.807) is 16.7 Å². The first-order chi connectivity index (χ1) is 9.83. The standard InChI is InChI=1S/C13H15N3O2S2/c17-13(12-9-20-15-14-12)16(6-10-3-5-19-8-10)7-11-2-1-4-18-11/h3,5,8-9,11H,1-2,4,6-7H2. The highest BCUT2D eigenvalue weighted by Crippen LogP contribution is 2.18. The van der Waals surface area contributed by atoms with E-state index in [0.717, 1.165) is 25.0 Å². The van der Waals surface area contributed by atoms with Gasteiger partial charge >= 0.3 is 0 Å². The van der Waals surface area contributed by atoms with Crippen LogP contribution in [0, 0.1) is 0 Å². The van der Waals surface area contributed by atoms with Crippen molar-refractivity contribution in [1.82, 2.24) is 14.5 Å². The molecule has 20 heavy (non-hydrogen) atoms. The number of hydrogen-bond donors (Lipinski definition) is 0. The van der Waals surface area contributed by atoms with Gasteiger partial charge in [-0.05, 0) is 46.8 Å². The average Bonchev–Trinajstić information content (AvgIpc) is 3.20. The molecule has 0 bridgehead atoms. The van der Waals surface area contributed by atoms with E-state index in [1.807, 2.05) is 16.3 Å². The molecule has 1 fully saturated rings. The Morgan fingerprint density at radius 2 is 2.45 bits per heavy atom. The van der Waals surface area contributed by atoms with Gasteiger partial charge in [0.15, 0.2) is 5.69 Å². The third-order valence-electron chi connectivity index (χ3n) is 3.27. The van der Waals surface area contributed by atoms with Crippen LogP contribution in [0.25, 0.3) is 0 Å². The minimum absolute atomic E-state index is 0.0690. The van der Waals surface area contributed by atoms with Crippen LogP contribution in [0.4, 0.5) is 0 Å². The molecule has 3 heterocycles. The summed E-state index contributed by atoms with van der Waals surface area (Å²) < 4.78 is 9.41. The lowest BCUT2D eigenvalue weighted by atomic mass is 10.2. The number of thiophene rings is 1. The molecule has 1 unspecified atom stereocenters. The highest BCUT2D eigenvalue weighted by atomic mass is 32.1. The van der Waals surface area contributed by atoms with E-state index < -0.39 is 0 Å². The van der Waals surface area contributed by atoms with E-state index in [1.165, 1.54) is 11.5 Å². The largest absolute Gasteiger partial charge is 0.376 e. The molecular weight excluding hydrogens is 294 g/mol. The SMILES string of the molecule is O=C(c1csnn1)N(Cc1ccsc1)CC1CCCO1. The summed E-state index contributed by atoms with van der Waals surface area (Å²) in [5, 5.41) is 9.66. The first-order valence-electron chi connectivity index (χ1n) is 6.52.